The van der Waals surface area contributed by atoms with Crippen LogP contribution in [0.25, 0.3) is 0 Å². The molecule has 1 aromatic carbocycles. The van der Waals surface area contributed by atoms with E-state index in [-0.39, 0.29) is 25.4 Å². The molecule has 208 valence electrons. The first kappa shape index (κ1) is 29.6. The van der Waals surface area contributed by atoms with E-state index in [4.69, 9.17) is 0 Å². The first-order valence-corrected chi connectivity index (χ1v) is 14.1. The number of sulfonamides is 1. The quantitative estimate of drug-likeness (QED) is 0.469. The molecule has 1 saturated heterocycles. The summed E-state index contributed by atoms with van der Waals surface area (Å²) in [5.74, 6) is -5.90. The third-order valence-electron chi connectivity index (χ3n) is 6.33. The van der Waals surface area contributed by atoms with E-state index in [1.54, 1.807) is 6.20 Å². The van der Waals surface area contributed by atoms with Crippen LogP contribution in [0.1, 0.15) is 56.4 Å². The Kier molecular flexibility index (Phi) is 9.88. The molecule has 0 spiro atoms. The van der Waals surface area contributed by atoms with Gasteiger partial charge in [0.25, 0.3) is 0 Å². The molecule has 2 aromatic rings. The molecule has 38 heavy (non-hydrogen) atoms. The molecule has 0 radical (unpaired) electrons. The Morgan fingerprint density at radius 1 is 1.13 bits per heavy atom. The van der Waals surface area contributed by atoms with Crippen molar-refractivity contribution in [2.24, 2.45) is 5.92 Å². The largest absolute Gasteiger partial charge is 0.350 e. The number of rotatable bonds is 10. The molecule has 2 amide bonds. The topological polar surface area (TPSA) is 108 Å². The molecule has 0 bridgehead atoms. The molecular formula is C26H33F3N4O4S. The summed E-state index contributed by atoms with van der Waals surface area (Å²) in [4.78, 5) is 30.4. The average Bonchev–Trinajstić information content (AvgIpc) is 2.85. The lowest BCUT2D eigenvalue weighted by molar-refractivity contribution is -0.132. The number of hydrogen-bond donors (Lipinski definition) is 2. The molecule has 12 heteroatoms. The van der Waals surface area contributed by atoms with Gasteiger partial charge in [0.05, 0.1) is 5.75 Å². The first-order chi connectivity index (χ1) is 17.9. The molecule has 2 heterocycles. The maximum absolute atomic E-state index is 14.2. The molecule has 0 saturated carbocycles. The van der Waals surface area contributed by atoms with E-state index >= 15 is 0 Å². The summed E-state index contributed by atoms with van der Waals surface area (Å²) >= 11 is 0. The summed E-state index contributed by atoms with van der Waals surface area (Å²) in [6.45, 7) is 5.80. The minimum atomic E-state index is -4.35. The highest BCUT2D eigenvalue weighted by Gasteiger charge is 2.39. The zero-order chi connectivity index (χ0) is 28.0. The van der Waals surface area contributed by atoms with Crippen LogP contribution >= 0.6 is 0 Å². The van der Waals surface area contributed by atoms with Crippen LogP contribution < -0.4 is 10.6 Å². The van der Waals surface area contributed by atoms with Crippen molar-refractivity contribution in [1.29, 1.82) is 0 Å². The number of pyridine rings is 1. The molecule has 1 fully saturated rings. The molecule has 3 rings (SSSR count). The van der Waals surface area contributed by atoms with Gasteiger partial charge in [-0.2, -0.15) is 4.31 Å². The molecule has 2 N–H and O–H groups in total. The van der Waals surface area contributed by atoms with Crippen LogP contribution in [0.4, 0.5) is 13.2 Å². The number of carbonyl (C=O) groups is 2. The van der Waals surface area contributed by atoms with Crippen molar-refractivity contribution in [1.82, 2.24) is 19.9 Å². The highest BCUT2D eigenvalue weighted by Crippen LogP contribution is 2.26. The van der Waals surface area contributed by atoms with Crippen molar-refractivity contribution in [3.8, 4) is 0 Å². The summed E-state index contributed by atoms with van der Waals surface area (Å²) in [6.07, 6.45) is 3.16. The molecular weight excluding hydrogens is 521 g/mol. The van der Waals surface area contributed by atoms with Gasteiger partial charge >= 0.3 is 0 Å². The van der Waals surface area contributed by atoms with E-state index in [2.05, 4.69) is 15.6 Å². The summed E-state index contributed by atoms with van der Waals surface area (Å²) in [5, 5.41) is 5.47. The Hall–Kier alpha value is -2.99. The molecule has 1 aliphatic heterocycles. The number of aromatic nitrogens is 1. The van der Waals surface area contributed by atoms with E-state index in [9.17, 15) is 31.2 Å². The van der Waals surface area contributed by atoms with Gasteiger partial charge in [-0.1, -0.05) is 26.3 Å². The predicted octanol–water partition coefficient (Wildman–Crippen LogP) is 3.34. The van der Waals surface area contributed by atoms with Crippen LogP contribution in [-0.4, -0.2) is 48.1 Å². The molecule has 0 aliphatic carbocycles. The number of benzene rings is 1. The maximum Gasteiger partial charge on any atom is 0.242 e. The van der Waals surface area contributed by atoms with Crippen molar-refractivity contribution < 1.29 is 31.2 Å². The Morgan fingerprint density at radius 3 is 2.42 bits per heavy atom. The number of piperidine rings is 1. The molecule has 8 nitrogen and oxygen atoms in total. The van der Waals surface area contributed by atoms with Crippen molar-refractivity contribution >= 4 is 21.8 Å². The number of halogens is 3. The average molecular weight is 555 g/mol. The van der Waals surface area contributed by atoms with E-state index in [1.807, 2.05) is 32.9 Å². The second kappa shape index (κ2) is 12.7. The van der Waals surface area contributed by atoms with Crippen molar-refractivity contribution in [3.05, 3.63) is 64.7 Å². The Morgan fingerprint density at radius 2 is 1.82 bits per heavy atom. The fraction of sp³-hybridized carbons (Fsp3) is 0.500. The molecule has 1 aromatic heterocycles. The minimum absolute atomic E-state index is 0.0215. The summed E-state index contributed by atoms with van der Waals surface area (Å²) in [7, 11) is -4.35. The lowest BCUT2D eigenvalue weighted by Gasteiger charge is -2.34. The smallest absolute Gasteiger partial charge is 0.242 e. The second-order valence-corrected chi connectivity index (χ2v) is 11.9. The van der Waals surface area contributed by atoms with Gasteiger partial charge in [-0.3, -0.25) is 14.6 Å². The third-order valence-corrected chi connectivity index (χ3v) is 8.13. The van der Waals surface area contributed by atoms with E-state index in [0.717, 1.165) is 15.6 Å². The Bertz CT molecular complexity index is 1230. The van der Waals surface area contributed by atoms with Gasteiger partial charge in [0, 0.05) is 42.7 Å². The number of hydrogen-bond acceptors (Lipinski definition) is 5. The molecule has 2 atom stereocenters. The zero-order valence-corrected chi connectivity index (χ0v) is 22.5. The first-order valence-electron chi connectivity index (χ1n) is 12.5. The van der Waals surface area contributed by atoms with Crippen LogP contribution in [0.2, 0.25) is 0 Å². The van der Waals surface area contributed by atoms with Crippen LogP contribution in [0.15, 0.2) is 30.5 Å². The molecule has 0 unspecified atom stereocenters. The van der Waals surface area contributed by atoms with Gasteiger partial charge in [-0.15, -0.1) is 0 Å². The van der Waals surface area contributed by atoms with Gasteiger partial charge in [0.1, 0.15) is 29.5 Å². The van der Waals surface area contributed by atoms with Crippen LogP contribution in [0.3, 0.4) is 0 Å². The number of aryl methyl sites for hydroxylation is 1. The Labute approximate surface area is 221 Å². The fourth-order valence-electron chi connectivity index (χ4n) is 4.36. The van der Waals surface area contributed by atoms with Gasteiger partial charge < -0.3 is 10.6 Å². The monoisotopic (exact) mass is 554 g/mol. The van der Waals surface area contributed by atoms with E-state index in [1.165, 1.54) is 0 Å². The van der Waals surface area contributed by atoms with Crippen LogP contribution in [-0.2, 0) is 31.9 Å². The van der Waals surface area contributed by atoms with Gasteiger partial charge in [0.15, 0.2) is 0 Å². The van der Waals surface area contributed by atoms with Crippen LogP contribution in [0.5, 0.6) is 0 Å². The summed E-state index contributed by atoms with van der Waals surface area (Å²) in [6, 6.07) is 2.41. The molecule has 1 aliphatic rings. The number of amides is 2. The SMILES string of the molecule is Cc1ccc(CNC(=O)[C@H](CC(C)C)NC(=O)[C@@H]2CCCCN2S(=O)(=O)Cc2c(F)cc(F)cc2F)cn1. The second-order valence-electron chi connectivity index (χ2n) is 9.94. The van der Waals surface area contributed by atoms with Crippen molar-refractivity contribution in [2.75, 3.05) is 6.54 Å². The summed E-state index contributed by atoms with van der Waals surface area (Å²) < 4.78 is 68.9. The van der Waals surface area contributed by atoms with Gasteiger partial charge in [-0.05, 0) is 43.7 Å². The lowest BCUT2D eigenvalue weighted by atomic mass is 10.0. The summed E-state index contributed by atoms with van der Waals surface area (Å²) in [5.41, 5.74) is 0.823. The minimum Gasteiger partial charge on any atom is -0.350 e. The van der Waals surface area contributed by atoms with Crippen molar-refractivity contribution in [2.45, 2.75) is 70.8 Å². The van der Waals surface area contributed by atoms with Crippen LogP contribution in [0, 0.1) is 30.3 Å². The zero-order valence-electron chi connectivity index (χ0n) is 21.6. The number of nitrogens with zero attached hydrogens (tertiary/aromatic N) is 2. The number of nitrogens with one attached hydrogen (secondary N) is 2. The lowest BCUT2D eigenvalue weighted by Crippen LogP contribution is -2.56. The maximum atomic E-state index is 14.2. The number of carbonyl (C=O) groups excluding carboxylic acids is 2. The fourth-order valence-corrected chi connectivity index (χ4v) is 6.16. The predicted molar refractivity (Wildman–Crippen MR) is 135 cm³/mol. The third kappa shape index (κ3) is 7.76. The van der Waals surface area contributed by atoms with Crippen molar-refractivity contribution in [3.63, 3.8) is 0 Å². The highest BCUT2D eigenvalue weighted by molar-refractivity contribution is 7.88. The van der Waals surface area contributed by atoms with Gasteiger partial charge in [0.2, 0.25) is 21.8 Å². The standard InChI is InChI=1S/C26H33F3N4O4S/c1-16(2)10-23(25(34)31-14-18-8-7-17(3)30-13-18)32-26(35)24-6-4-5-9-33(24)38(36,37)15-20-21(28)11-19(27)12-22(20)29/h7-8,11-13,16,23-24H,4-6,9-10,14-15H2,1-3H3,(H,31,34)(H,32,35)/t23-,24-/m0/s1. The van der Waals surface area contributed by atoms with Gasteiger partial charge in [-0.25, -0.2) is 21.6 Å². The normalized spacial score (nSPS) is 17.3. The van der Waals surface area contributed by atoms with E-state index in [0.29, 0.717) is 31.4 Å². The van der Waals surface area contributed by atoms with E-state index < -0.39 is 62.7 Å². The highest BCUT2D eigenvalue weighted by atomic mass is 32.2. The Balaban J connectivity index is 1.74.